The number of benzene rings is 7. The fourth-order valence-corrected chi connectivity index (χ4v) is 7.30. The van der Waals surface area contributed by atoms with Crippen LogP contribution in [-0.2, 0) is 0 Å². The average molecular weight is 611 g/mol. The maximum absolute atomic E-state index is 10.3. The fourth-order valence-electron chi connectivity index (χ4n) is 7.30. The molecule has 7 aromatic carbocycles. The third-order valence-electron chi connectivity index (χ3n) is 9.41. The molecule has 48 heavy (non-hydrogen) atoms. The van der Waals surface area contributed by atoms with Crippen LogP contribution in [0.1, 0.15) is 5.56 Å². The highest BCUT2D eigenvalue weighted by molar-refractivity contribution is 6.14. The van der Waals surface area contributed by atoms with Gasteiger partial charge in [0.25, 0.3) is 0 Å². The summed E-state index contributed by atoms with van der Waals surface area (Å²) in [5.74, 6) is 0. The van der Waals surface area contributed by atoms with Crippen LogP contribution < -0.4 is 0 Å². The molecule has 0 aliphatic carbocycles. The molecule has 2 heterocycles. The van der Waals surface area contributed by atoms with E-state index in [1.165, 1.54) is 10.8 Å². The Labute approximate surface area is 277 Å². The van der Waals surface area contributed by atoms with Crippen LogP contribution >= 0.6 is 0 Å². The van der Waals surface area contributed by atoms with Crippen molar-refractivity contribution >= 4 is 49.3 Å². The van der Waals surface area contributed by atoms with Gasteiger partial charge in [-0.1, -0.05) is 121 Å². The second kappa shape index (κ2) is 10.9. The molecule has 9 rings (SSSR count). The smallest absolute Gasteiger partial charge is 0.211 e. The molecule has 0 saturated carbocycles. The Bertz CT molecular complexity index is 2750. The van der Waals surface area contributed by atoms with Crippen LogP contribution in [0.5, 0.6) is 0 Å². The molecule has 0 radical (unpaired) electrons. The molecule has 0 aliphatic rings. The number of nitrogens with zero attached hydrogens (tertiary/aromatic N) is 4. The Kier molecular flexibility index (Phi) is 6.22. The lowest BCUT2D eigenvalue weighted by Gasteiger charge is -2.15. The predicted octanol–water partition coefficient (Wildman–Crippen LogP) is 11.6. The van der Waals surface area contributed by atoms with Gasteiger partial charge in [0.15, 0.2) is 0 Å². The van der Waals surface area contributed by atoms with Gasteiger partial charge in [-0.3, -0.25) is 0 Å². The van der Waals surface area contributed by atoms with Crippen LogP contribution in [0.15, 0.2) is 158 Å². The average Bonchev–Trinajstić information content (AvgIpc) is 3.68. The molecule has 2 aromatic heterocycles. The number of fused-ring (bicyclic) bond motifs is 6. The summed E-state index contributed by atoms with van der Waals surface area (Å²) >= 11 is 0. The van der Waals surface area contributed by atoms with Gasteiger partial charge in [0.1, 0.15) is 0 Å². The van der Waals surface area contributed by atoms with Crippen LogP contribution in [0.25, 0.3) is 82.1 Å². The molecule has 0 N–H and O–H groups in total. The Morgan fingerprint density at radius 2 is 1.04 bits per heavy atom. The SMILES string of the molecule is [C-]#[N+]c1cccc2c3ccccc3n(-c3ccccc3-c3ccc(-c4ccc(-n5c6ccccc6c6ccccc65)cc4C#N)cc3)c12. The van der Waals surface area contributed by atoms with Gasteiger partial charge in [0.05, 0.1) is 46.0 Å². The van der Waals surface area contributed by atoms with E-state index >= 15 is 0 Å². The molecule has 0 bridgehead atoms. The second-order valence-electron chi connectivity index (χ2n) is 11.9. The highest BCUT2D eigenvalue weighted by atomic mass is 15.0. The van der Waals surface area contributed by atoms with Gasteiger partial charge in [-0.05, 0) is 58.5 Å². The second-order valence-corrected chi connectivity index (χ2v) is 11.9. The van der Waals surface area contributed by atoms with Crippen molar-refractivity contribution in [1.29, 1.82) is 5.26 Å². The number of para-hydroxylation sites is 5. The van der Waals surface area contributed by atoms with Gasteiger partial charge < -0.3 is 9.13 Å². The normalized spacial score (nSPS) is 11.3. The Morgan fingerprint density at radius 1 is 0.500 bits per heavy atom. The maximum Gasteiger partial charge on any atom is 0.211 e. The Morgan fingerprint density at radius 3 is 1.69 bits per heavy atom. The maximum atomic E-state index is 10.3. The molecule has 0 fully saturated rings. The lowest BCUT2D eigenvalue weighted by Crippen LogP contribution is -1.97. The minimum Gasteiger partial charge on any atom is -0.318 e. The summed E-state index contributed by atoms with van der Waals surface area (Å²) in [5.41, 5.74) is 11.4. The summed E-state index contributed by atoms with van der Waals surface area (Å²) < 4.78 is 4.46. The predicted molar refractivity (Wildman–Crippen MR) is 197 cm³/mol. The van der Waals surface area contributed by atoms with Crippen molar-refractivity contribution in [3.05, 3.63) is 175 Å². The summed E-state index contributed by atoms with van der Waals surface area (Å²) in [6.45, 7) is 7.93. The van der Waals surface area contributed by atoms with Gasteiger partial charge in [-0.25, -0.2) is 4.85 Å². The van der Waals surface area contributed by atoms with Crippen LogP contribution in [0.4, 0.5) is 5.69 Å². The number of hydrogen-bond acceptors (Lipinski definition) is 1. The summed E-state index contributed by atoms with van der Waals surface area (Å²) in [4.78, 5) is 3.90. The highest BCUT2D eigenvalue weighted by Gasteiger charge is 2.18. The number of nitriles is 1. The Balaban J connectivity index is 1.15. The van der Waals surface area contributed by atoms with E-state index in [-0.39, 0.29) is 0 Å². The first-order valence-electron chi connectivity index (χ1n) is 15.9. The quantitative estimate of drug-likeness (QED) is 0.183. The first-order chi connectivity index (χ1) is 23.7. The topological polar surface area (TPSA) is 38.0 Å². The highest BCUT2D eigenvalue weighted by Crippen LogP contribution is 2.40. The third-order valence-corrected chi connectivity index (χ3v) is 9.41. The van der Waals surface area contributed by atoms with Crippen molar-refractivity contribution in [2.75, 3.05) is 0 Å². The number of hydrogen-bond donors (Lipinski definition) is 0. The number of aromatic nitrogens is 2. The molecule has 0 atom stereocenters. The van der Waals surface area contributed by atoms with E-state index in [2.05, 4.69) is 141 Å². The summed E-state index contributed by atoms with van der Waals surface area (Å²) in [7, 11) is 0. The van der Waals surface area contributed by atoms with E-state index in [4.69, 9.17) is 6.57 Å². The minimum atomic E-state index is 0.625. The molecule has 4 nitrogen and oxygen atoms in total. The lowest BCUT2D eigenvalue weighted by molar-refractivity contribution is 1.18. The zero-order chi connectivity index (χ0) is 32.2. The monoisotopic (exact) mass is 610 g/mol. The summed E-state index contributed by atoms with van der Waals surface area (Å²) in [6, 6.07) is 56.5. The molecule has 0 aliphatic heterocycles. The van der Waals surface area contributed by atoms with Crippen molar-refractivity contribution in [1.82, 2.24) is 9.13 Å². The molecule has 0 unspecified atom stereocenters. The van der Waals surface area contributed by atoms with Crippen LogP contribution in [0.2, 0.25) is 0 Å². The first kappa shape index (κ1) is 27.4. The van der Waals surface area contributed by atoms with Gasteiger partial charge in [0.2, 0.25) is 5.69 Å². The lowest BCUT2D eigenvalue weighted by atomic mass is 9.96. The number of rotatable bonds is 4. The van der Waals surface area contributed by atoms with E-state index in [1.54, 1.807) is 0 Å². The molecular weight excluding hydrogens is 585 g/mol. The Hall–Kier alpha value is -6.88. The van der Waals surface area contributed by atoms with Crippen molar-refractivity contribution in [2.45, 2.75) is 0 Å². The van der Waals surface area contributed by atoms with E-state index in [0.29, 0.717) is 11.3 Å². The summed E-state index contributed by atoms with van der Waals surface area (Å²) in [5, 5.41) is 14.9. The van der Waals surface area contributed by atoms with E-state index in [1.807, 2.05) is 36.4 Å². The van der Waals surface area contributed by atoms with Crippen LogP contribution in [-0.4, -0.2) is 9.13 Å². The molecule has 4 heteroatoms. The largest absolute Gasteiger partial charge is 0.318 e. The van der Waals surface area contributed by atoms with Crippen molar-refractivity contribution in [3.8, 4) is 39.7 Å². The van der Waals surface area contributed by atoms with Crippen LogP contribution in [0, 0.1) is 17.9 Å². The van der Waals surface area contributed by atoms with Crippen molar-refractivity contribution in [3.63, 3.8) is 0 Å². The molecule has 222 valence electrons. The van der Waals surface area contributed by atoms with Crippen molar-refractivity contribution in [2.24, 2.45) is 0 Å². The standard InChI is InChI=1S/C44H26N4/c1-46-39-16-10-15-38-37-14-5-9-20-43(37)48(44(38)39)40-17-6-2-11-34(40)30-23-21-29(22-24-30)33-26-25-32(27-31(33)28-45)47-41-18-7-3-12-35(41)36-13-4-8-19-42(36)47/h2-27H. The molecule has 9 aromatic rings. The first-order valence-corrected chi connectivity index (χ1v) is 15.9. The van der Waals surface area contributed by atoms with Gasteiger partial charge in [0, 0.05) is 27.4 Å². The summed E-state index contributed by atoms with van der Waals surface area (Å²) in [6.07, 6.45) is 0. The molecule has 0 saturated heterocycles. The van der Waals surface area contributed by atoms with E-state index < -0.39 is 0 Å². The van der Waals surface area contributed by atoms with Crippen molar-refractivity contribution < 1.29 is 0 Å². The van der Waals surface area contributed by atoms with Crippen LogP contribution in [0.3, 0.4) is 0 Å². The van der Waals surface area contributed by atoms with Gasteiger partial charge in [-0.15, -0.1) is 0 Å². The molecular formula is C44H26N4. The van der Waals surface area contributed by atoms with E-state index in [0.717, 1.165) is 66.5 Å². The molecule has 0 amide bonds. The fraction of sp³-hybridized carbons (Fsp3) is 0. The molecule has 0 spiro atoms. The zero-order valence-electron chi connectivity index (χ0n) is 25.8. The van der Waals surface area contributed by atoms with Gasteiger partial charge in [-0.2, -0.15) is 5.26 Å². The van der Waals surface area contributed by atoms with E-state index in [9.17, 15) is 5.26 Å². The third kappa shape index (κ3) is 4.07. The minimum absolute atomic E-state index is 0.625. The van der Waals surface area contributed by atoms with Gasteiger partial charge >= 0.3 is 0 Å². The zero-order valence-corrected chi connectivity index (χ0v) is 25.8.